The van der Waals surface area contributed by atoms with Gasteiger partial charge in [0, 0.05) is 19.1 Å². The molecular formula is C23H25N5O2. The van der Waals surface area contributed by atoms with Gasteiger partial charge in [0.05, 0.1) is 29.1 Å². The third-order valence-corrected chi connectivity index (χ3v) is 7.04. The van der Waals surface area contributed by atoms with Crippen LogP contribution in [0.1, 0.15) is 47.3 Å². The van der Waals surface area contributed by atoms with E-state index in [0.717, 1.165) is 17.9 Å². The summed E-state index contributed by atoms with van der Waals surface area (Å²) in [5.41, 5.74) is 8.41. The molecule has 2 aliphatic carbocycles. The van der Waals surface area contributed by atoms with Crippen molar-refractivity contribution in [1.29, 1.82) is 5.26 Å². The molecule has 2 bridgehead atoms. The van der Waals surface area contributed by atoms with Gasteiger partial charge in [0.1, 0.15) is 6.07 Å². The highest BCUT2D eigenvalue weighted by Crippen LogP contribution is 2.44. The Bertz CT molecular complexity index is 1050. The number of primary amides is 1. The van der Waals surface area contributed by atoms with Gasteiger partial charge in [0.15, 0.2) is 0 Å². The number of urea groups is 1. The molecule has 0 saturated heterocycles. The van der Waals surface area contributed by atoms with Crippen LogP contribution in [0.25, 0.3) is 11.3 Å². The zero-order valence-corrected chi connectivity index (χ0v) is 16.8. The minimum atomic E-state index is -0.632. The molecule has 7 heteroatoms. The van der Waals surface area contributed by atoms with Gasteiger partial charge >= 0.3 is 6.03 Å². The van der Waals surface area contributed by atoms with E-state index in [9.17, 15) is 14.9 Å². The molecule has 7 nitrogen and oxygen atoms in total. The van der Waals surface area contributed by atoms with Crippen molar-refractivity contribution in [3.8, 4) is 17.3 Å². The number of benzene rings is 1. The smallest absolute Gasteiger partial charge is 0.318 e. The minimum Gasteiger partial charge on any atom is -0.366 e. The van der Waals surface area contributed by atoms with Crippen LogP contribution in [0.4, 0.5) is 4.79 Å². The maximum atomic E-state index is 13.0. The lowest BCUT2D eigenvalue weighted by molar-refractivity contribution is 0.0996. The topological polar surface area (TPSA) is 104 Å². The summed E-state index contributed by atoms with van der Waals surface area (Å²) in [4.78, 5) is 27.0. The molecule has 3 aliphatic rings. The van der Waals surface area contributed by atoms with Gasteiger partial charge in [0.2, 0.25) is 0 Å². The molecule has 1 aromatic heterocycles. The quantitative estimate of drug-likeness (QED) is 0.823. The molecule has 154 valence electrons. The summed E-state index contributed by atoms with van der Waals surface area (Å²) < 4.78 is 1.98. The van der Waals surface area contributed by atoms with Gasteiger partial charge in [-0.25, -0.2) is 4.79 Å². The van der Waals surface area contributed by atoms with E-state index in [-0.39, 0.29) is 24.2 Å². The summed E-state index contributed by atoms with van der Waals surface area (Å²) in [7, 11) is 0. The van der Waals surface area contributed by atoms with Crippen LogP contribution in [-0.4, -0.2) is 34.0 Å². The Morgan fingerprint density at radius 1 is 1.13 bits per heavy atom. The van der Waals surface area contributed by atoms with Crippen molar-refractivity contribution in [3.63, 3.8) is 0 Å². The Morgan fingerprint density at radius 3 is 2.57 bits per heavy atom. The van der Waals surface area contributed by atoms with Crippen LogP contribution in [0.2, 0.25) is 0 Å². The molecule has 5 rings (SSSR count). The maximum Gasteiger partial charge on any atom is 0.318 e. The van der Waals surface area contributed by atoms with Gasteiger partial charge in [-0.2, -0.15) is 5.26 Å². The third kappa shape index (κ3) is 2.95. The SMILES string of the molecule is N#Cc1c(C(N)=O)c2n(c1-c1ccccc1)CCN(C(=O)N[C@@H]1CC3CCC1C3)C2. The Balaban J connectivity index is 1.46. The highest BCUT2D eigenvalue weighted by Gasteiger charge is 2.41. The van der Waals surface area contributed by atoms with E-state index in [2.05, 4.69) is 11.4 Å². The van der Waals surface area contributed by atoms with Crippen molar-refractivity contribution in [1.82, 2.24) is 14.8 Å². The van der Waals surface area contributed by atoms with Crippen LogP contribution in [0, 0.1) is 23.2 Å². The van der Waals surface area contributed by atoms with Gasteiger partial charge < -0.3 is 20.5 Å². The highest BCUT2D eigenvalue weighted by molar-refractivity contribution is 5.99. The first-order valence-electron chi connectivity index (χ1n) is 10.6. The highest BCUT2D eigenvalue weighted by atomic mass is 16.2. The molecule has 0 radical (unpaired) electrons. The zero-order chi connectivity index (χ0) is 20.8. The fraction of sp³-hybridized carbons (Fsp3) is 0.435. The Kier molecular flexibility index (Phi) is 4.50. The first-order chi connectivity index (χ1) is 14.6. The van der Waals surface area contributed by atoms with Gasteiger partial charge in [-0.15, -0.1) is 0 Å². The maximum absolute atomic E-state index is 13.0. The number of carbonyl (C=O) groups excluding carboxylic acids is 2. The molecule has 1 aliphatic heterocycles. The third-order valence-electron chi connectivity index (χ3n) is 7.04. The van der Waals surface area contributed by atoms with Crippen molar-refractivity contribution in [2.24, 2.45) is 17.6 Å². The monoisotopic (exact) mass is 403 g/mol. The Morgan fingerprint density at radius 2 is 1.93 bits per heavy atom. The number of hydrogen-bond acceptors (Lipinski definition) is 3. The average molecular weight is 403 g/mol. The largest absolute Gasteiger partial charge is 0.366 e. The van der Waals surface area contributed by atoms with Crippen LogP contribution < -0.4 is 11.1 Å². The van der Waals surface area contributed by atoms with Crippen LogP contribution in [0.5, 0.6) is 0 Å². The normalized spacial score (nSPS) is 24.4. The van der Waals surface area contributed by atoms with Crippen molar-refractivity contribution >= 4 is 11.9 Å². The predicted octanol–water partition coefficient (Wildman–Crippen LogP) is 2.84. The van der Waals surface area contributed by atoms with Crippen molar-refractivity contribution < 1.29 is 9.59 Å². The van der Waals surface area contributed by atoms with E-state index in [1.165, 1.54) is 19.3 Å². The molecule has 2 saturated carbocycles. The van der Waals surface area contributed by atoms with Crippen molar-refractivity contribution in [2.75, 3.05) is 6.54 Å². The van der Waals surface area contributed by atoms with Gasteiger partial charge in [-0.3, -0.25) is 4.79 Å². The summed E-state index contributed by atoms with van der Waals surface area (Å²) in [5.74, 6) is 0.725. The number of amides is 3. The molecule has 1 aromatic carbocycles. The Hall–Kier alpha value is -3.27. The lowest BCUT2D eigenvalue weighted by Crippen LogP contribution is -2.49. The van der Waals surface area contributed by atoms with E-state index in [4.69, 9.17) is 5.73 Å². The number of nitrogens with one attached hydrogen (secondary N) is 1. The van der Waals surface area contributed by atoms with Gasteiger partial charge in [0.25, 0.3) is 5.91 Å². The van der Waals surface area contributed by atoms with E-state index in [0.29, 0.717) is 36.0 Å². The molecular weight excluding hydrogens is 378 g/mol. The number of nitrogens with two attached hydrogens (primary N) is 1. The average Bonchev–Trinajstić information content (AvgIpc) is 3.45. The number of nitrogens with zero attached hydrogens (tertiary/aromatic N) is 3. The van der Waals surface area contributed by atoms with E-state index < -0.39 is 5.91 Å². The lowest BCUT2D eigenvalue weighted by Gasteiger charge is -2.32. The van der Waals surface area contributed by atoms with Crippen molar-refractivity contribution in [3.05, 3.63) is 47.2 Å². The number of aromatic nitrogens is 1. The molecule has 3 amide bonds. The number of rotatable bonds is 3. The molecule has 2 unspecified atom stereocenters. The second kappa shape index (κ2) is 7.21. The van der Waals surface area contributed by atoms with Gasteiger partial charge in [-0.05, 0) is 36.7 Å². The fourth-order valence-electron chi connectivity index (χ4n) is 5.67. The molecule has 2 fully saturated rings. The minimum absolute atomic E-state index is 0.0878. The van der Waals surface area contributed by atoms with E-state index in [1.807, 2.05) is 34.9 Å². The van der Waals surface area contributed by atoms with Gasteiger partial charge in [-0.1, -0.05) is 36.8 Å². The summed E-state index contributed by atoms with van der Waals surface area (Å²) in [5, 5.41) is 13.0. The molecule has 2 heterocycles. The summed E-state index contributed by atoms with van der Waals surface area (Å²) >= 11 is 0. The zero-order valence-electron chi connectivity index (χ0n) is 16.8. The van der Waals surface area contributed by atoms with E-state index >= 15 is 0 Å². The molecule has 3 N–H and O–H groups in total. The number of hydrogen-bond donors (Lipinski definition) is 2. The van der Waals surface area contributed by atoms with Crippen molar-refractivity contribution in [2.45, 2.75) is 44.8 Å². The molecule has 3 atom stereocenters. The fourth-order valence-corrected chi connectivity index (χ4v) is 5.67. The standard InChI is InChI=1S/C23H25N5O2/c24-12-17-20(22(25)29)19-13-27(23(30)26-18-11-14-6-7-16(18)10-14)8-9-28(19)21(17)15-4-2-1-3-5-15/h1-5,14,16,18H,6-11,13H2,(H2,25,29)(H,26,30)/t14?,16?,18-/m1/s1. The van der Waals surface area contributed by atoms with Crippen LogP contribution in [0.3, 0.4) is 0 Å². The summed E-state index contributed by atoms with van der Waals surface area (Å²) in [6.07, 6.45) is 4.79. The molecule has 2 aromatic rings. The van der Waals surface area contributed by atoms with Crippen LogP contribution in [-0.2, 0) is 13.1 Å². The van der Waals surface area contributed by atoms with E-state index in [1.54, 1.807) is 4.90 Å². The first-order valence-corrected chi connectivity index (χ1v) is 10.6. The van der Waals surface area contributed by atoms with Crippen LogP contribution in [0.15, 0.2) is 30.3 Å². The lowest BCUT2D eigenvalue weighted by atomic mass is 9.95. The second-order valence-electron chi connectivity index (χ2n) is 8.69. The Labute approximate surface area is 175 Å². The summed E-state index contributed by atoms with van der Waals surface area (Å²) in [6.45, 7) is 1.31. The number of fused-ring (bicyclic) bond motifs is 3. The molecule has 0 spiro atoms. The second-order valence-corrected chi connectivity index (χ2v) is 8.69. The number of carbonyl (C=O) groups is 2. The van der Waals surface area contributed by atoms with Crippen LogP contribution >= 0.6 is 0 Å². The predicted molar refractivity (Wildman–Crippen MR) is 111 cm³/mol. The summed E-state index contributed by atoms with van der Waals surface area (Å²) in [6, 6.07) is 11.9. The first kappa shape index (κ1) is 18.7. The molecule has 30 heavy (non-hydrogen) atoms. The number of nitriles is 1.